The van der Waals surface area contributed by atoms with Crippen LogP contribution in [0.25, 0.3) is 0 Å². The summed E-state index contributed by atoms with van der Waals surface area (Å²) in [7, 11) is 0. The lowest BCUT2D eigenvalue weighted by Crippen LogP contribution is -2.33. The van der Waals surface area contributed by atoms with Gasteiger partial charge < -0.3 is 9.47 Å². The zero-order valence-corrected chi connectivity index (χ0v) is 17.7. The molecule has 1 aliphatic rings. The minimum atomic E-state index is -0.394. The summed E-state index contributed by atoms with van der Waals surface area (Å²) in [5.41, 5.74) is 2.51. The first-order valence-electron chi connectivity index (χ1n) is 9.96. The molecule has 4 nitrogen and oxygen atoms in total. The first-order valence-corrected chi connectivity index (χ1v) is 9.96. The van der Waals surface area contributed by atoms with Crippen LogP contribution in [-0.2, 0) is 14.3 Å². The molecule has 0 aliphatic heterocycles. The molecule has 2 atom stereocenters. The van der Waals surface area contributed by atoms with Crippen LogP contribution >= 0.6 is 0 Å². The Bertz CT molecular complexity index is 743. The number of carbonyl (C=O) groups excluding carboxylic acids is 2. The van der Waals surface area contributed by atoms with E-state index in [4.69, 9.17) is 9.47 Å². The molecule has 0 saturated heterocycles. The van der Waals surface area contributed by atoms with Crippen molar-refractivity contribution in [3.63, 3.8) is 0 Å². The van der Waals surface area contributed by atoms with Crippen LogP contribution in [0.3, 0.4) is 0 Å². The fourth-order valence-electron chi connectivity index (χ4n) is 3.42. The summed E-state index contributed by atoms with van der Waals surface area (Å²) >= 11 is 0. The van der Waals surface area contributed by atoms with E-state index >= 15 is 0 Å². The van der Waals surface area contributed by atoms with Crippen molar-refractivity contribution in [1.29, 1.82) is 0 Å². The van der Waals surface area contributed by atoms with Gasteiger partial charge in [0.1, 0.15) is 12.2 Å². The van der Waals surface area contributed by atoms with Crippen LogP contribution in [0.15, 0.2) is 53.6 Å². The first kappa shape index (κ1) is 21.9. The highest BCUT2D eigenvalue weighted by molar-refractivity contribution is 5.89. The fraction of sp³-hybridized carbons (Fsp3) is 0.500. The average molecular weight is 385 g/mol. The van der Waals surface area contributed by atoms with Gasteiger partial charge in [-0.25, -0.2) is 4.79 Å². The molecule has 152 valence electrons. The Balaban J connectivity index is 2.33. The fourth-order valence-corrected chi connectivity index (χ4v) is 3.42. The van der Waals surface area contributed by atoms with Gasteiger partial charge in [-0.05, 0) is 56.9 Å². The zero-order chi connectivity index (χ0) is 20.7. The monoisotopic (exact) mass is 384 g/mol. The highest BCUT2D eigenvalue weighted by Crippen LogP contribution is 2.34. The molecule has 0 radical (unpaired) electrons. The molecule has 0 bridgehead atoms. The quantitative estimate of drug-likeness (QED) is 0.500. The summed E-state index contributed by atoms with van der Waals surface area (Å²) in [6, 6.07) is 9.00. The van der Waals surface area contributed by atoms with Crippen molar-refractivity contribution in [2.24, 2.45) is 5.41 Å². The SMILES string of the molecule is CC(=O)O[C@H]1/C=C(/C)[C@H](OC(=O)c2ccccc2)C/C=C(/C)CCCC1(C)C. The number of rotatable bonds is 3. The number of ether oxygens (including phenoxy) is 2. The van der Waals surface area contributed by atoms with Crippen molar-refractivity contribution in [3.05, 3.63) is 59.2 Å². The van der Waals surface area contributed by atoms with Crippen molar-refractivity contribution in [2.45, 2.75) is 72.5 Å². The minimum Gasteiger partial charge on any atom is -0.458 e. The molecule has 4 heteroatoms. The number of carbonyl (C=O) groups is 2. The van der Waals surface area contributed by atoms with Gasteiger partial charge in [0.2, 0.25) is 0 Å². The third-order valence-electron chi connectivity index (χ3n) is 5.32. The summed E-state index contributed by atoms with van der Waals surface area (Å²) < 4.78 is 11.5. The molecule has 0 spiro atoms. The normalized spacial score (nSPS) is 26.6. The van der Waals surface area contributed by atoms with E-state index in [2.05, 4.69) is 26.8 Å². The number of esters is 2. The van der Waals surface area contributed by atoms with Crippen LogP contribution in [0.5, 0.6) is 0 Å². The smallest absolute Gasteiger partial charge is 0.338 e. The molecule has 1 aliphatic carbocycles. The van der Waals surface area contributed by atoms with Crippen molar-refractivity contribution in [2.75, 3.05) is 0 Å². The maximum Gasteiger partial charge on any atom is 0.338 e. The Hall–Kier alpha value is -2.36. The van der Waals surface area contributed by atoms with Gasteiger partial charge in [-0.15, -0.1) is 0 Å². The van der Waals surface area contributed by atoms with E-state index in [1.165, 1.54) is 12.5 Å². The van der Waals surface area contributed by atoms with Gasteiger partial charge in [0.05, 0.1) is 5.56 Å². The second-order valence-corrected chi connectivity index (χ2v) is 8.33. The van der Waals surface area contributed by atoms with Crippen molar-refractivity contribution < 1.29 is 19.1 Å². The highest BCUT2D eigenvalue weighted by atomic mass is 16.5. The third kappa shape index (κ3) is 6.36. The van der Waals surface area contributed by atoms with E-state index in [1.54, 1.807) is 12.1 Å². The Kier molecular flexibility index (Phi) is 7.61. The Morgan fingerprint density at radius 1 is 1.07 bits per heavy atom. The second kappa shape index (κ2) is 9.72. The van der Waals surface area contributed by atoms with Crippen LogP contribution in [0.4, 0.5) is 0 Å². The number of hydrogen-bond acceptors (Lipinski definition) is 4. The molecule has 0 aromatic heterocycles. The molecule has 0 saturated carbocycles. The van der Waals surface area contributed by atoms with Crippen LogP contribution in [-0.4, -0.2) is 24.1 Å². The molecule has 0 unspecified atom stereocenters. The van der Waals surface area contributed by atoms with Gasteiger partial charge in [-0.2, -0.15) is 0 Å². The Morgan fingerprint density at radius 2 is 1.75 bits per heavy atom. The van der Waals surface area contributed by atoms with E-state index in [9.17, 15) is 9.59 Å². The molecular formula is C24H32O4. The highest BCUT2D eigenvalue weighted by Gasteiger charge is 2.31. The molecule has 2 rings (SSSR count). The van der Waals surface area contributed by atoms with Crippen LogP contribution in [0, 0.1) is 5.41 Å². The predicted octanol–water partition coefficient (Wildman–Crippen LogP) is 5.64. The van der Waals surface area contributed by atoms with E-state index in [-0.39, 0.29) is 23.5 Å². The maximum absolute atomic E-state index is 12.6. The molecule has 0 N–H and O–H groups in total. The Morgan fingerprint density at radius 3 is 2.39 bits per heavy atom. The van der Waals surface area contributed by atoms with E-state index in [0.29, 0.717) is 12.0 Å². The number of allylic oxidation sites excluding steroid dienone is 1. The number of benzene rings is 1. The van der Waals surface area contributed by atoms with Gasteiger partial charge >= 0.3 is 11.9 Å². The zero-order valence-electron chi connectivity index (χ0n) is 17.7. The lowest BCUT2D eigenvalue weighted by Gasteiger charge is -2.32. The predicted molar refractivity (Wildman–Crippen MR) is 111 cm³/mol. The molecule has 1 aromatic rings. The first-order chi connectivity index (χ1) is 13.2. The molecule has 1 aromatic carbocycles. The van der Waals surface area contributed by atoms with Gasteiger partial charge in [0.25, 0.3) is 0 Å². The van der Waals surface area contributed by atoms with Gasteiger partial charge in [-0.3, -0.25) is 4.79 Å². The minimum absolute atomic E-state index is 0.203. The lowest BCUT2D eigenvalue weighted by molar-refractivity contribution is -0.149. The van der Waals surface area contributed by atoms with Crippen LogP contribution < -0.4 is 0 Å². The Labute approximate surface area is 168 Å². The van der Waals surface area contributed by atoms with E-state index in [1.807, 2.05) is 31.2 Å². The molecule has 0 heterocycles. The average Bonchev–Trinajstić information content (AvgIpc) is 2.65. The summed E-state index contributed by atoms with van der Waals surface area (Å²) in [5, 5.41) is 0. The largest absolute Gasteiger partial charge is 0.458 e. The summed E-state index contributed by atoms with van der Waals surface area (Å²) in [5.74, 6) is -0.647. The van der Waals surface area contributed by atoms with Crippen molar-refractivity contribution >= 4 is 11.9 Å². The summed E-state index contributed by atoms with van der Waals surface area (Å²) in [6.07, 6.45) is 6.91. The van der Waals surface area contributed by atoms with Crippen LogP contribution in [0.1, 0.15) is 70.7 Å². The molecule has 28 heavy (non-hydrogen) atoms. The summed E-state index contributed by atoms with van der Waals surface area (Å²) in [4.78, 5) is 24.3. The summed E-state index contributed by atoms with van der Waals surface area (Å²) in [6.45, 7) is 9.72. The lowest BCUT2D eigenvalue weighted by atomic mass is 9.80. The molecule has 0 fully saturated rings. The topological polar surface area (TPSA) is 52.6 Å². The van der Waals surface area contributed by atoms with Crippen molar-refractivity contribution in [1.82, 2.24) is 0 Å². The van der Waals surface area contributed by atoms with Gasteiger partial charge in [-0.1, -0.05) is 43.7 Å². The standard InChI is InChI=1S/C24H32O4/c1-17-10-9-15-24(4,5)22(27-19(3)25)16-18(2)21(14-13-17)28-23(26)20-11-7-6-8-12-20/h6-8,11-13,16,21-22H,9-10,14-15H2,1-5H3/b17-13-,18-16-/t21-,22+/m1/s1. The molecule has 0 amide bonds. The van der Waals surface area contributed by atoms with E-state index < -0.39 is 6.10 Å². The van der Waals surface area contributed by atoms with Crippen LogP contribution in [0.2, 0.25) is 0 Å². The third-order valence-corrected chi connectivity index (χ3v) is 5.32. The molecular weight excluding hydrogens is 352 g/mol. The number of hydrogen-bond donors (Lipinski definition) is 0. The van der Waals surface area contributed by atoms with Gasteiger partial charge in [0, 0.05) is 18.8 Å². The van der Waals surface area contributed by atoms with E-state index in [0.717, 1.165) is 24.8 Å². The second-order valence-electron chi connectivity index (χ2n) is 8.33. The van der Waals surface area contributed by atoms with Gasteiger partial charge in [0.15, 0.2) is 0 Å². The maximum atomic E-state index is 12.6. The van der Waals surface area contributed by atoms with Crippen molar-refractivity contribution in [3.8, 4) is 0 Å².